The zero-order chi connectivity index (χ0) is 12.3. The first-order chi connectivity index (χ1) is 8.13. The van der Waals surface area contributed by atoms with E-state index < -0.39 is 0 Å². The summed E-state index contributed by atoms with van der Waals surface area (Å²) in [6.45, 7) is 5.10. The second kappa shape index (κ2) is 5.37. The molecule has 0 unspecified atom stereocenters. The molecule has 2 rings (SSSR count). The Morgan fingerprint density at radius 1 is 0.941 bits per heavy atom. The second-order valence-corrected chi connectivity index (χ2v) is 5.27. The molecule has 2 aromatic carbocycles. The van der Waals surface area contributed by atoms with Crippen LogP contribution in [0.3, 0.4) is 0 Å². The highest BCUT2D eigenvalue weighted by atomic mass is 79.9. The Kier molecular flexibility index (Phi) is 3.85. The standard InChI is InChI=1S/C15H16BrN/c1-11-7-12(2)9-15(8-11)17-10-13-3-5-14(16)6-4-13/h3-9,17H,10H2,1-2H3. The largest absolute Gasteiger partial charge is 0.381 e. The molecule has 0 aliphatic rings. The minimum atomic E-state index is 0.857. The highest BCUT2D eigenvalue weighted by molar-refractivity contribution is 9.10. The van der Waals surface area contributed by atoms with Gasteiger partial charge in [0.25, 0.3) is 0 Å². The molecule has 0 saturated carbocycles. The molecule has 0 bridgehead atoms. The highest BCUT2D eigenvalue weighted by Gasteiger charge is 1.96. The van der Waals surface area contributed by atoms with Gasteiger partial charge < -0.3 is 5.32 Å². The first-order valence-electron chi connectivity index (χ1n) is 5.70. The molecule has 2 heteroatoms. The van der Waals surface area contributed by atoms with Gasteiger partial charge in [-0.3, -0.25) is 0 Å². The van der Waals surface area contributed by atoms with Crippen LogP contribution in [-0.4, -0.2) is 0 Å². The van der Waals surface area contributed by atoms with Crippen molar-refractivity contribution in [3.05, 3.63) is 63.6 Å². The van der Waals surface area contributed by atoms with Crippen molar-refractivity contribution in [3.8, 4) is 0 Å². The summed E-state index contributed by atoms with van der Waals surface area (Å²) < 4.78 is 1.12. The van der Waals surface area contributed by atoms with Gasteiger partial charge >= 0.3 is 0 Å². The lowest BCUT2D eigenvalue weighted by molar-refractivity contribution is 1.14. The van der Waals surface area contributed by atoms with Crippen LogP contribution in [-0.2, 0) is 6.54 Å². The molecule has 0 aliphatic carbocycles. The van der Waals surface area contributed by atoms with E-state index in [1.54, 1.807) is 0 Å². The molecule has 0 atom stereocenters. The molecule has 0 radical (unpaired) electrons. The van der Waals surface area contributed by atoms with Crippen molar-refractivity contribution in [2.24, 2.45) is 0 Å². The number of aryl methyl sites for hydroxylation is 2. The molecule has 0 fully saturated rings. The summed E-state index contributed by atoms with van der Waals surface area (Å²) >= 11 is 3.44. The van der Waals surface area contributed by atoms with Crippen LogP contribution in [0.15, 0.2) is 46.9 Å². The van der Waals surface area contributed by atoms with Gasteiger partial charge in [-0.05, 0) is 54.8 Å². The average Bonchev–Trinajstić information content (AvgIpc) is 2.27. The van der Waals surface area contributed by atoms with Crippen LogP contribution in [0.25, 0.3) is 0 Å². The number of anilines is 1. The molecule has 1 nitrogen and oxygen atoms in total. The average molecular weight is 290 g/mol. The van der Waals surface area contributed by atoms with Gasteiger partial charge in [0, 0.05) is 16.7 Å². The monoisotopic (exact) mass is 289 g/mol. The van der Waals surface area contributed by atoms with Gasteiger partial charge in [-0.15, -0.1) is 0 Å². The van der Waals surface area contributed by atoms with Crippen molar-refractivity contribution in [2.75, 3.05) is 5.32 Å². The van der Waals surface area contributed by atoms with Gasteiger partial charge in [-0.2, -0.15) is 0 Å². The maximum absolute atomic E-state index is 3.45. The summed E-state index contributed by atoms with van der Waals surface area (Å²) in [7, 11) is 0. The molecule has 0 aliphatic heterocycles. The number of nitrogens with one attached hydrogen (secondary N) is 1. The quantitative estimate of drug-likeness (QED) is 0.865. The Labute approximate surface area is 111 Å². The van der Waals surface area contributed by atoms with E-state index in [-0.39, 0.29) is 0 Å². The smallest absolute Gasteiger partial charge is 0.0400 e. The fourth-order valence-electron chi connectivity index (χ4n) is 1.88. The Balaban J connectivity index is 2.04. The normalized spacial score (nSPS) is 10.3. The van der Waals surface area contributed by atoms with E-state index in [0.717, 1.165) is 11.0 Å². The van der Waals surface area contributed by atoms with E-state index in [9.17, 15) is 0 Å². The molecule has 17 heavy (non-hydrogen) atoms. The lowest BCUT2D eigenvalue weighted by atomic mass is 10.1. The predicted molar refractivity (Wildman–Crippen MR) is 77.4 cm³/mol. The Morgan fingerprint density at radius 3 is 2.12 bits per heavy atom. The minimum absolute atomic E-state index is 0.857. The summed E-state index contributed by atoms with van der Waals surface area (Å²) in [5.74, 6) is 0. The van der Waals surface area contributed by atoms with Crippen LogP contribution in [0.5, 0.6) is 0 Å². The molecule has 0 heterocycles. The summed E-state index contributed by atoms with van der Waals surface area (Å²) in [5, 5.41) is 3.45. The number of rotatable bonds is 3. The maximum Gasteiger partial charge on any atom is 0.0400 e. The molecule has 0 spiro atoms. The van der Waals surface area contributed by atoms with Crippen LogP contribution in [0.1, 0.15) is 16.7 Å². The molecular formula is C15H16BrN. The lowest BCUT2D eigenvalue weighted by Crippen LogP contribution is -1.99. The fraction of sp³-hybridized carbons (Fsp3) is 0.200. The first kappa shape index (κ1) is 12.2. The molecular weight excluding hydrogens is 274 g/mol. The van der Waals surface area contributed by atoms with Gasteiger partial charge in [0.15, 0.2) is 0 Å². The summed E-state index contributed by atoms with van der Waals surface area (Å²) in [5.41, 5.74) is 5.06. The molecule has 0 aromatic heterocycles. The van der Waals surface area contributed by atoms with Crippen LogP contribution < -0.4 is 5.32 Å². The zero-order valence-electron chi connectivity index (χ0n) is 10.1. The SMILES string of the molecule is Cc1cc(C)cc(NCc2ccc(Br)cc2)c1. The third kappa shape index (κ3) is 3.60. The minimum Gasteiger partial charge on any atom is -0.381 e. The van der Waals surface area contributed by atoms with E-state index in [1.165, 1.54) is 22.4 Å². The number of benzene rings is 2. The molecule has 2 aromatic rings. The van der Waals surface area contributed by atoms with Gasteiger partial charge in [0.2, 0.25) is 0 Å². The van der Waals surface area contributed by atoms with E-state index in [2.05, 4.69) is 77.6 Å². The van der Waals surface area contributed by atoms with E-state index in [1.807, 2.05) is 0 Å². The van der Waals surface area contributed by atoms with Crippen molar-refractivity contribution in [3.63, 3.8) is 0 Å². The Morgan fingerprint density at radius 2 is 1.53 bits per heavy atom. The van der Waals surface area contributed by atoms with Gasteiger partial charge in [0.1, 0.15) is 0 Å². The van der Waals surface area contributed by atoms with Gasteiger partial charge in [-0.1, -0.05) is 34.1 Å². The third-order valence-corrected chi connectivity index (χ3v) is 3.16. The van der Waals surface area contributed by atoms with Crippen LogP contribution in [0.2, 0.25) is 0 Å². The van der Waals surface area contributed by atoms with Crippen molar-refractivity contribution in [1.29, 1.82) is 0 Å². The summed E-state index contributed by atoms with van der Waals surface area (Å²) in [6.07, 6.45) is 0. The third-order valence-electron chi connectivity index (χ3n) is 2.63. The first-order valence-corrected chi connectivity index (χ1v) is 6.49. The summed E-state index contributed by atoms with van der Waals surface area (Å²) in [4.78, 5) is 0. The number of hydrogen-bond donors (Lipinski definition) is 1. The second-order valence-electron chi connectivity index (χ2n) is 4.36. The Hall–Kier alpha value is -1.28. The predicted octanol–water partition coefficient (Wildman–Crippen LogP) is 4.68. The molecule has 1 N–H and O–H groups in total. The van der Waals surface area contributed by atoms with Crippen LogP contribution >= 0.6 is 15.9 Å². The number of hydrogen-bond acceptors (Lipinski definition) is 1. The van der Waals surface area contributed by atoms with E-state index in [0.29, 0.717) is 0 Å². The van der Waals surface area contributed by atoms with Crippen molar-refractivity contribution < 1.29 is 0 Å². The zero-order valence-corrected chi connectivity index (χ0v) is 11.7. The number of halogens is 1. The lowest BCUT2D eigenvalue weighted by Gasteiger charge is -2.08. The van der Waals surface area contributed by atoms with Gasteiger partial charge in [0.05, 0.1) is 0 Å². The van der Waals surface area contributed by atoms with E-state index in [4.69, 9.17) is 0 Å². The topological polar surface area (TPSA) is 12.0 Å². The van der Waals surface area contributed by atoms with Gasteiger partial charge in [-0.25, -0.2) is 0 Å². The molecule has 88 valence electrons. The Bertz CT molecular complexity index is 483. The van der Waals surface area contributed by atoms with E-state index >= 15 is 0 Å². The highest BCUT2D eigenvalue weighted by Crippen LogP contribution is 2.16. The van der Waals surface area contributed by atoms with Crippen molar-refractivity contribution >= 4 is 21.6 Å². The van der Waals surface area contributed by atoms with Crippen LogP contribution in [0.4, 0.5) is 5.69 Å². The fourth-order valence-corrected chi connectivity index (χ4v) is 2.15. The molecule has 0 amide bonds. The maximum atomic E-state index is 3.45. The van der Waals surface area contributed by atoms with Crippen molar-refractivity contribution in [2.45, 2.75) is 20.4 Å². The van der Waals surface area contributed by atoms with Crippen molar-refractivity contribution in [1.82, 2.24) is 0 Å². The molecule has 0 saturated heterocycles. The van der Waals surface area contributed by atoms with Crippen LogP contribution in [0, 0.1) is 13.8 Å². The summed E-state index contributed by atoms with van der Waals surface area (Å²) in [6, 6.07) is 14.9.